The highest BCUT2D eigenvalue weighted by Gasteiger charge is 2.14. The van der Waals surface area contributed by atoms with Gasteiger partial charge in [0.05, 0.1) is 7.11 Å². The molecule has 0 spiro atoms. The molecule has 2 rings (SSSR count). The van der Waals surface area contributed by atoms with E-state index < -0.39 is 0 Å². The average molecular weight is 273 g/mol. The maximum absolute atomic E-state index is 13.3. The Labute approximate surface area is 119 Å². The van der Waals surface area contributed by atoms with Gasteiger partial charge in [-0.15, -0.1) is 0 Å². The van der Waals surface area contributed by atoms with Gasteiger partial charge in [0.2, 0.25) is 0 Å². The summed E-state index contributed by atoms with van der Waals surface area (Å²) < 4.78 is 18.6. The summed E-state index contributed by atoms with van der Waals surface area (Å²) in [4.78, 5) is 0. The Balaban J connectivity index is 2.13. The average Bonchev–Trinajstić information content (AvgIpc) is 2.47. The molecule has 0 radical (unpaired) electrons. The molecule has 20 heavy (non-hydrogen) atoms. The first-order valence-corrected chi connectivity index (χ1v) is 6.76. The first-order chi connectivity index (χ1) is 9.61. The van der Waals surface area contributed by atoms with Crippen LogP contribution in [-0.4, -0.2) is 7.11 Å². The van der Waals surface area contributed by atoms with Crippen molar-refractivity contribution in [3.63, 3.8) is 0 Å². The number of ether oxygens (including phenoxy) is 1. The highest BCUT2D eigenvalue weighted by Crippen LogP contribution is 2.26. The Hall–Kier alpha value is -1.87. The number of hydrogen-bond acceptors (Lipinski definition) is 2. The summed E-state index contributed by atoms with van der Waals surface area (Å²) >= 11 is 0. The molecular formula is C17H20FNO. The number of hydrogen-bond donors (Lipinski definition) is 1. The maximum Gasteiger partial charge on any atom is 0.123 e. The van der Waals surface area contributed by atoms with E-state index in [9.17, 15) is 4.39 Å². The Morgan fingerprint density at radius 1 is 1.00 bits per heavy atom. The number of benzene rings is 2. The molecule has 0 amide bonds. The molecule has 0 bridgehead atoms. The van der Waals surface area contributed by atoms with Crippen LogP contribution in [0.15, 0.2) is 48.5 Å². The lowest BCUT2D eigenvalue weighted by atomic mass is 10.0. The molecule has 106 valence electrons. The molecule has 0 aliphatic heterocycles. The smallest absolute Gasteiger partial charge is 0.123 e. The van der Waals surface area contributed by atoms with Crippen LogP contribution in [0.1, 0.15) is 37.1 Å². The fourth-order valence-corrected chi connectivity index (χ4v) is 2.36. The molecule has 2 atom stereocenters. The first kappa shape index (κ1) is 14.5. The van der Waals surface area contributed by atoms with Gasteiger partial charge < -0.3 is 10.1 Å². The molecule has 0 fully saturated rings. The minimum atomic E-state index is -0.207. The summed E-state index contributed by atoms with van der Waals surface area (Å²) in [6, 6.07) is 14.8. The van der Waals surface area contributed by atoms with Crippen LogP contribution in [0.2, 0.25) is 0 Å². The van der Waals surface area contributed by atoms with E-state index in [2.05, 4.69) is 12.2 Å². The van der Waals surface area contributed by atoms with Gasteiger partial charge in [-0.25, -0.2) is 4.39 Å². The zero-order valence-corrected chi connectivity index (χ0v) is 12.1. The van der Waals surface area contributed by atoms with E-state index in [0.717, 1.165) is 16.9 Å². The Kier molecular flexibility index (Phi) is 4.74. The van der Waals surface area contributed by atoms with Gasteiger partial charge in [0, 0.05) is 17.6 Å². The molecule has 2 nitrogen and oxygen atoms in total. The number of rotatable bonds is 5. The van der Waals surface area contributed by atoms with Crippen LogP contribution >= 0.6 is 0 Å². The van der Waals surface area contributed by atoms with Crippen molar-refractivity contribution in [3.05, 3.63) is 65.5 Å². The minimum absolute atomic E-state index is 0.0608. The fraction of sp³-hybridized carbons (Fsp3) is 0.294. The van der Waals surface area contributed by atoms with E-state index in [0.29, 0.717) is 0 Å². The van der Waals surface area contributed by atoms with Gasteiger partial charge in [0.25, 0.3) is 0 Å². The lowest BCUT2D eigenvalue weighted by Gasteiger charge is -2.22. The largest absolute Gasteiger partial charge is 0.496 e. The number of para-hydroxylation sites is 1. The lowest BCUT2D eigenvalue weighted by Crippen LogP contribution is -2.23. The Morgan fingerprint density at radius 3 is 2.45 bits per heavy atom. The molecule has 1 unspecified atom stereocenters. The topological polar surface area (TPSA) is 21.3 Å². The molecule has 0 aliphatic rings. The van der Waals surface area contributed by atoms with Crippen molar-refractivity contribution in [3.8, 4) is 5.75 Å². The van der Waals surface area contributed by atoms with Crippen molar-refractivity contribution >= 4 is 0 Å². The second kappa shape index (κ2) is 6.53. The van der Waals surface area contributed by atoms with Gasteiger partial charge in [-0.1, -0.05) is 30.3 Å². The van der Waals surface area contributed by atoms with Gasteiger partial charge >= 0.3 is 0 Å². The molecule has 0 saturated heterocycles. The quantitative estimate of drug-likeness (QED) is 0.879. The fourth-order valence-electron chi connectivity index (χ4n) is 2.36. The summed E-state index contributed by atoms with van der Waals surface area (Å²) in [5.74, 6) is 0.653. The molecule has 3 heteroatoms. The van der Waals surface area contributed by atoms with E-state index in [1.165, 1.54) is 6.07 Å². The van der Waals surface area contributed by atoms with Crippen LogP contribution in [0.25, 0.3) is 0 Å². The third kappa shape index (κ3) is 3.36. The maximum atomic E-state index is 13.3. The van der Waals surface area contributed by atoms with Crippen molar-refractivity contribution in [1.29, 1.82) is 0 Å². The van der Waals surface area contributed by atoms with Crippen molar-refractivity contribution in [2.75, 3.05) is 7.11 Å². The van der Waals surface area contributed by atoms with Gasteiger partial charge in [-0.05, 0) is 37.6 Å². The van der Waals surface area contributed by atoms with Gasteiger partial charge in [0.15, 0.2) is 0 Å². The molecule has 0 saturated carbocycles. The molecule has 0 aromatic heterocycles. The lowest BCUT2D eigenvalue weighted by molar-refractivity contribution is 0.396. The molecule has 2 aromatic carbocycles. The van der Waals surface area contributed by atoms with Crippen LogP contribution in [-0.2, 0) is 0 Å². The van der Waals surface area contributed by atoms with Crippen molar-refractivity contribution < 1.29 is 9.13 Å². The summed E-state index contributed by atoms with van der Waals surface area (Å²) in [6.07, 6.45) is 0. The molecule has 1 N–H and O–H groups in total. The van der Waals surface area contributed by atoms with Crippen molar-refractivity contribution in [1.82, 2.24) is 5.32 Å². The van der Waals surface area contributed by atoms with Gasteiger partial charge in [0.1, 0.15) is 11.6 Å². The number of nitrogens with one attached hydrogen (secondary N) is 1. The van der Waals surface area contributed by atoms with Crippen molar-refractivity contribution in [2.45, 2.75) is 25.9 Å². The summed E-state index contributed by atoms with van der Waals surface area (Å²) in [6.45, 7) is 4.11. The summed E-state index contributed by atoms with van der Waals surface area (Å²) in [5.41, 5.74) is 2.03. The second-order valence-electron chi connectivity index (χ2n) is 4.91. The van der Waals surface area contributed by atoms with Crippen LogP contribution in [0.4, 0.5) is 4.39 Å². The monoisotopic (exact) mass is 273 g/mol. The predicted octanol–water partition coefficient (Wildman–Crippen LogP) is 4.25. The predicted molar refractivity (Wildman–Crippen MR) is 79.4 cm³/mol. The highest BCUT2D eigenvalue weighted by atomic mass is 19.1. The third-order valence-electron chi connectivity index (χ3n) is 3.45. The van der Waals surface area contributed by atoms with Crippen LogP contribution in [0.5, 0.6) is 5.75 Å². The van der Waals surface area contributed by atoms with E-state index in [4.69, 9.17) is 4.74 Å². The zero-order chi connectivity index (χ0) is 14.5. The molecule has 0 heterocycles. The van der Waals surface area contributed by atoms with Crippen molar-refractivity contribution in [2.24, 2.45) is 0 Å². The zero-order valence-electron chi connectivity index (χ0n) is 12.1. The molecular weight excluding hydrogens is 253 g/mol. The molecule has 2 aromatic rings. The Bertz CT molecular complexity index is 570. The number of methoxy groups -OCH3 is 1. The minimum Gasteiger partial charge on any atom is -0.496 e. The normalized spacial score (nSPS) is 13.8. The van der Waals surface area contributed by atoms with E-state index >= 15 is 0 Å². The van der Waals surface area contributed by atoms with E-state index in [1.807, 2.05) is 37.3 Å². The van der Waals surface area contributed by atoms with Crippen LogP contribution in [0, 0.1) is 5.82 Å². The second-order valence-corrected chi connectivity index (χ2v) is 4.91. The summed E-state index contributed by atoms with van der Waals surface area (Å²) in [7, 11) is 1.67. The number of halogens is 1. The van der Waals surface area contributed by atoms with Crippen LogP contribution in [0.3, 0.4) is 0 Å². The third-order valence-corrected chi connectivity index (χ3v) is 3.45. The van der Waals surface area contributed by atoms with Crippen LogP contribution < -0.4 is 10.1 Å². The standard InChI is InChI=1S/C17H20FNO/c1-12(14-7-6-8-15(18)11-14)19-13(2)16-9-4-5-10-17(16)20-3/h4-13,19H,1-3H3/t12?,13-/m0/s1. The Morgan fingerprint density at radius 2 is 1.75 bits per heavy atom. The van der Waals surface area contributed by atoms with E-state index in [1.54, 1.807) is 19.2 Å². The highest BCUT2D eigenvalue weighted by molar-refractivity contribution is 5.35. The molecule has 0 aliphatic carbocycles. The first-order valence-electron chi connectivity index (χ1n) is 6.76. The summed E-state index contributed by atoms with van der Waals surface area (Å²) in [5, 5.41) is 3.47. The van der Waals surface area contributed by atoms with Gasteiger partial charge in [-0.2, -0.15) is 0 Å². The van der Waals surface area contributed by atoms with E-state index in [-0.39, 0.29) is 17.9 Å². The van der Waals surface area contributed by atoms with Gasteiger partial charge in [-0.3, -0.25) is 0 Å². The SMILES string of the molecule is COc1ccccc1[C@H](C)NC(C)c1cccc(F)c1.